The molecule has 0 aromatic heterocycles. The molecule has 1 aliphatic carbocycles. The number of carbonyl (C=O) groups excluding carboxylic acids is 4. The summed E-state index contributed by atoms with van der Waals surface area (Å²) in [5, 5.41) is 12.0. The van der Waals surface area contributed by atoms with Gasteiger partial charge in [-0.25, -0.2) is 4.79 Å². The second-order valence-corrected chi connectivity index (χ2v) is 18.8. The number of aliphatic hydroxyl groups is 1. The molecule has 316 valence electrons. The molecule has 0 aromatic rings. The first kappa shape index (κ1) is 46.5. The van der Waals surface area contributed by atoms with Crippen LogP contribution in [-0.2, 0) is 42.9 Å². The van der Waals surface area contributed by atoms with Crippen molar-refractivity contribution in [1.29, 1.82) is 0 Å². The van der Waals surface area contributed by atoms with E-state index in [9.17, 15) is 24.3 Å². The molecule has 3 fully saturated rings. The van der Waals surface area contributed by atoms with E-state index in [0.29, 0.717) is 44.9 Å². The molecular formula is C44H68BrNO10. The van der Waals surface area contributed by atoms with E-state index in [1.807, 2.05) is 26.8 Å². The monoisotopic (exact) mass is 849 g/mol. The molecule has 11 nitrogen and oxygen atoms in total. The summed E-state index contributed by atoms with van der Waals surface area (Å²) in [6, 6.07) is -1.04. The Hall–Kier alpha value is -2.22. The molecule has 0 radical (unpaired) electrons. The van der Waals surface area contributed by atoms with Gasteiger partial charge >= 0.3 is 5.97 Å². The van der Waals surface area contributed by atoms with E-state index in [0.717, 1.165) is 36.8 Å². The van der Waals surface area contributed by atoms with Crippen LogP contribution in [0.25, 0.3) is 0 Å². The predicted molar refractivity (Wildman–Crippen MR) is 218 cm³/mol. The van der Waals surface area contributed by atoms with Gasteiger partial charge in [0.15, 0.2) is 0 Å². The smallest absolute Gasteiger partial charge is 0.329 e. The van der Waals surface area contributed by atoms with Crippen LogP contribution in [0.1, 0.15) is 118 Å². The first-order valence-electron chi connectivity index (χ1n) is 20.7. The number of alkyl halides is 1. The van der Waals surface area contributed by atoms with Gasteiger partial charge in [-0.3, -0.25) is 14.4 Å². The Balaban J connectivity index is 1.77. The molecule has 4 rings (SSSR count). The highest BCUT2D eigenvalue weighted by atomic mass is 79.9. The Labute approximate surface area is 343 Å². The summed E-state index contributed by atoms with van der Waals surface area (Å²) in [4.78, 5) is 57.9. The topological polar surface area (TPSA) is 138 Å². The minimum atomic E-state index is -2.46. The van der Waals surface area contributed by atoms with E-state index in [1.165, 1.54) is 4.90 Å². The largest absolute Gasteiger partial charge is 0.456 e. The lowest BCUT2D eigenvalue weighted by molar-refractivity contribution is -0.302. The van der Waals surface area contributed by atoms with Gasteiger partial charge in [-0.05, 0) is 108 Å². The predicted octanol–water partition coefficient (Wildman–Crippen LogP) is 7.21. The number of rotatable bonds is 7. The van der Waals surface area contributed by atoms with Crippen LogP contribution in [0.15, 0.2) is 36.0 Å². The normalized spacial score (nSPS) is 39.2. The van der Waals surface area contributed by atoms with E-state index >= 15 is 0 Å². The molecule has 2 bridgehead atoms. The highest BCUT2D eigenvalue weighted by molar-refractivity contribution is 9.10. The molecule has 2 saturated heterocycles. The number of amides is 1. The number of hydrogen-bond donors (Lipinski definition) is 1. The zero-order valence-corrected chi connectivity index (χ0v) is 36.6. The van der Waals surface area contributed by atoms with Crippen molar-refractivity contribution < 1.29 is 48.0 Å². The first-order valence-corrected chi connectivity index (χ1v) is 21.5. The van der Waals surface area contributed by atoms with Gasteiger partial charge < -0.3 is 33.7 Å². The van der Waals surface area contributed by atoms with Crippen LogP contribution in [0, 0.1) is 23.7 Å². The van der Waals surface area contributed by atoms with E-state index in [-0.39, 0.29) is 53.4 Å². The van der Waals surface area contributed by atoms with Crippen molar-refractivity contribution in [2.75, 3.05) is 27.9 Å². The summed E-state index contributed by atoms with van der Waals surface area (Å²) in [7, 11) is 4.83. The number of halogens is 1. The van der Waals surface area contributed by atoms with Crippen molar-refractivity contribution in [2.45, 2.75) is 165 Å². The molecule has 1 saturated carbocycles. The Bertz CT molecular complexity index is 1460. The summed E-state index contributed by atoms with van der Waals surface area (Å²) >= 11 is 3.99. The molecule has 12 heteroatoms. The number of fused-ring (bicyclic) bond motifs is 3. The number of Topliss-reactive ketones (excluding diaryl/α,β-unsaturated/α-hetero) is 2. The zero-order valence-electron chi connectivity index (χ0n) is 35.1. The number of carbonyl (C=O) groups is 4. The highest BCUT2D eigenvalue weighted by Crippen LogP contribution is 2.41. The number of ether oxygens (including phenoxy) is 5. The third kappa shape index (κ3) is 11.3. The fourth-order valence-corrected chi connectivity index (χ4v) is 10.4. The quantitative estimate of drug-likeness (QED) is 0.121. The van der Waals surface area contributed by atoms with Crippen LogP contribution in [0.5, 0.6) is 0 Å². The van der Waals surface area contributed by atoms with Crippen molar-refractivity contribution >= 4 is 39.4 Å². The maximum absolute atomic E-state index is 14.3. The maximum atomic E-state index is 14.3. The van der Waals surface area contributed by atoms with E-state index < -0.39 is 59.8 Å². The van der Waals surface area contributed by atoms with Crippen LogP contribution in [0.3, 0.4) is 0 Å². The molecule has 3 heterocycles. The van der Waals surface area contributed by atoms with Gasteiger partial charge in [-0.1, -0.05) is 60.5 Å². The van der Waals surface area contributed by atoms with Gasteiger partial charge in [0.05, 0.1) is 18.3 Å². The fourth-order valence-electron chi connectivity index (χ4n) is 9.44. The summed E-state index contributed by atoms with van der Waals surface area (Å²) in [6.07, 6.45) is 11.2. The molecule has 0 spiro atoms. The lowest BCUT2D eigenvalue weighted by Gasteiger charge is -2.47. The number of ketones is 2. The lowest BCUT2D eigenvalue weighted by Crippen LogP contribution is -2.64. The average Bonchev–Trinajstić information content (AvgIpc) is 3.17. The second kappa shape index (κ2) is 20.7. The zero-order chi connectivity index (χ0) is 41.4. The van der Waals surface area contributed by atoms with E-state index in [4.69, 9.17) is 23.7 Å². The molecule has 4 aliphatic rings. The van der Waals surface area contributed by atoms with Crippen LogP contribution >= 0.6 is 15.9 Å². The number of allylic oxidation sites excluding steroid dienone is 4. The molecular weight excluding hydrogens is 782 g/mol. The fraction of sp³-hybridized carbons (Fsp3) is 0.773. The third-order valence-electron chi connectivity index (χ3n) is 12.6. The number of methoxy groups -OCH3 is 3. The minimum absolute atomic E-state index is 0.0737. The van der Waals surface area contributed by atoms with Gasteiger partial charge in [0.1, 0.15) is 24.0 Å². The van der Waals surface area contributed by atoms with Gasteiger partial charge in [0.2, 0.25) is 5.79 Å². The molecule has 1 N–H and O–H groups in total. The van der Waals surface area contributed by atoms with E-state index in [2.05, 4.69) is 35.5 Å². The van der Waals surface area contributed by atoms with Gasteiger partial charge in [0.25, 0.3) is 11.7 Å². The molecule has 12 atom stereocenters. The summed E-state index contributed by atoms with van der Waals surface area (Å²) in [5.74, 6) is -6.39. The number of hydrogen-bond acceptors (Lipinski definition) is 10. The average molecular weight is 851 g/mol. The Kier molecular flexibility index (Phi) is 17.1. The standard InChI is InChI=1S/C44H68BrNO10/c1-10-14-32-22-27(2)21-28(3)23-36(53-8)39-37(54-9)24-31(6)44(51,56-39)40(48)41(49)46-20-12-11-16-34(46)42(50)55-38(29(4)17-18-35(32)47)30(5)25-43(45)19-13-15-33(26-43)52-7/h10,22,25,28-29,31-34,36-39,51H,1,11-21,23-24,26H2,2-9H3. The summed E-state index contributed by atoms with van der Waals surface area (Å²) < 4.78 is 29.8. The Morgan fingerprint density at radius 1 is 1.02 bits per heavy atom. The van der Waals surface area contributed by atoms with Crippen molar-refractivity contribution in [1.82, 2.24) is 4.90 Å². The number of piperidine rings is 1. The van der Waals surface area contributed by atoms with Crippen LogP contribution < -0.4 is 0 Å². The van der Waals surface area contributed by atoms with Gasteiger partial charge in [-0.15, -0.1) is 6.58 Å². The number of nitrogens with zero attached hydrogens (tertiary/aromatic N) is 1. The summed E-state index contributed by atoms with van der Waals surface area (Å²) in [5.41, 5.74) is 1.89. The SMILES string of the molecule is C=CCC1C=C(C)CC(C)CC(OC)C2OC(O)(C(=O)C(=O)N3CCCCC3C(=O)OC(C(C)=CC3(Br)CCCC(OC)C3)C(C)CCC1=O)C(C)CC2OC. The van der Waals surface area contributed by atoms with Crippen molar-refractivity contribution in [3.8, 4) is 0 Å². The van der Waals surface area contributed by atoms with Crippen molar-refractivity contribution in [3.05, 3.63) is 36.0 Å². The maximum Gasteiger partial charge on any atom is 0.329 e. The van der Waals surface area contributed by atoms with Gasteiger partial charge in [-0.2, -0.15) is 0 Å². The Morgan fingerprint density at radius 3 is 2.38 bits per heavy atom. The van der Waals surface area contributed by atoms with Crippen LogP contribution in [0.4, 0.5) is 0 Å². The lowest BCUT2D eigenvalue weighted by atomic mass is 9.82. The third-order valence-corrected chi connectivity index (χ3v) is 13.6. The molecule has 3 aliphatic heterocycles. The minimum Gasteiger partial charge on any atom is -0.456 e. The molecule has 1 amide bonds. The van der Waals surface area contributed by atoms with Crippen LogP contribution in [0.2, 0.25) is 0 Å². The van der Waals surface area contributed by atoms with Crippen molar-refractivity contribution in [3.63, 3.8) is 0 Å². The highest BCUT2D eigenvalue weighted by Gasteiger charge is 2.56. The van der Waals surface area contributed by atoms with Gasteiger partial charge in [0, 0.05) is 50.5 Å². The molecule has 0 aromatic carbocycles. The van der Waals surface area contributed by atoms with E-state index in [1.54, 1.807) is 34.3 Å². The number of esters is 1. The van der Waals surface area contributed by atoms with Crippen LogP contribution in [-0.4, -0.2) is 108 Å². The van der Waals surface area contributed by atoms with Crippen molar-refractivity contribution in [2.24, 2.45) is 23.7 Å². The second-order valence-electron chi connectivity index (χ2n) is 17.2. The first-order chi connectivity index (χ1) is 26.5. The summed E-state index contributed by atoms with van der Waals surface area (Å²) in [6.45, 7) is 13.8. The molecule has 12 unspecified atom stereocenters. The number of cyclic esters (lactones) is 1. The molecule has 56 heavy (non-hydrogen) atoms. The Morgan fingerprint density at radius 2 is 1.71 bits per heavy atom.